The van der Waals surface area contributed by atoms with Crippen LogP contribution >= 0.6 is 0 Å². The standard InChI is InChI=1S/C23H29N5O5/c1-13(2)7-20(29)28-19-11-16(17(12-26-19)23(32)33-4)8-14(3)9-21(30)27-18-10-15(22(24)31)5-6-25-18/h5-6,10-14H,7-9H2,1-4H3,(H2,24,31)(H,25,27,30)(H,26,28,29)/t14-/m0/s1. The van der Waals surface area contributed by atoms with Gasteiger partial charge in [0.15, 0.2) is 0 Å². The maximum atomic E-state index is 12.5. The van der Waals surface area contributed by atoms with Gasteiger partial charge in [0.1, 0.15) is 11.6 Å². The summed E-state index contributed by atoms with van der Waals surface area (Å²) < 4.78 is 4.83. The van der Waals surface area contributed by atoms with Gasteiger partial charge >= 0.3 is 5.97 Å². The quantitative estimate of drug-likeness (QED) is 0.465. The predicted octanol–water partition coefficient (Wildman–Crippen LogP) is 2.55. The van der Waals surface area contributed by atoms with E-state index in [-0.39, 0.29) is 47.0 Å². The first-order chi connectivity index (χ1) is 15.6. The lowest BCUT2D eigenvalue weighted by Gasteiger charge is -2.15. The number of pyridine rings is 2. The number of ether oxygens (including phenoxy) is 1. The Labute approximate surface area is 192 Å². The highest BCUT2D eigenvalue weighted by Crippen LogP contribution is 2.21. The number of hydrogen-bond acceptors (Lipinski definition) is 7. The van der Waals surface area contributed by atoms with Gasteiger partial charge in [-0.2, -0.15) is 0 Å². The normalized spacial score (nSPS) is 11.5. The molecule has 176 valence electrons. The fourth-order valence-corrected chi connectivity index (χ4v) is 3.20. The van der Waals surface area contributed by atoms with Gasteiger partial charge in [-0.25, -0.2) is 14.8 Å². The third-order valence-corrected chi connectivity index (χ3v) is 4.67. The van der Waals surface area contributed by atoms with Crippen LogP contribution < -0.4 is 16.4 Å². The van der Waals surface area contributed by atoms with Gasteiger partial charge in [0.2, 0.25) is 17.7 Å². The van der Waals surface area contributed by atoms with E-state index >= 15 is 0 Å². The summed E-state index contributed by atoms with van der Waals surface area (Å²) >= 11 is 0. The van der Waals surface area contributed by atoms with Crippen molar-refractivity contribution in [3.05, 3.63) is 47.3 Å². The van der Waals surface area contributed by atoms with Gasteiger partial charge in [-0.1, -0.05) is 20.8 Å². The number of esters is 1. The second-order valence-corrected chi connectivity index (χ2v) is 8.22. The molecule has 0 saturated carbocycles. The molecule has 0 aromatic carbocycles. The van der Waals surface area contributed by atoms with E-state index < -0.39 is 11.9 Å². The average Bonchev–Trinajstić information content (AvgIpc) is 2.72. The number of anilines is 2. The minimum atomic E-state index is -0.620. The molecule has 3 amide bonds. The highest BCUT2D eigenvalue weighted by molar-refractivity contribution is 5.95. The summed E-state index contributed by atoms with van der Waals surface area (Å²) in [6.07, 6.45) is 3.58. The third-order valence-electron chi connectivity index (χ3n) is 4.67. The fraction of sp³-hybridized carbons (Fsp3) is 0.391. The molecule has 0 fully saturated rings. The summed E-state index contributed by atoms with van der Waals surface area (Å²) in [5.41, 5.74) is 6.35. The van der Waals surface area contributed by atoms with Gasteiger partial charge < -0.3 is 21.1 Å². The number of carbonyl (C=O) groups excluding carboxylic acids is 4. The monoisotopic (exact) mass is 455 g/mol. The number of amides is 3. The number of carbonyl (C=O) groups is 4. The number of primary amides is 1. The number of rotatable bonds is 10. The molecule has 1 atom stereocenters. The number of hydrogen-bond donors (Lipinski definition) is 3. The molecular weight excluding hydrogens is 426 g/mol. The molecule has 2 heterocycles. The van der Waals surface area contributed by atoms with Crippen molar-refractivity contribution in [2.45, 2.75) is 40.0 Å². The van der Waals surface area contributed by atoms with Crippen molar-refractivity contribution < 1.29 is 23.9 Å². The van der Waals surface area contributed by atoms with Crippen LogP contribution in [0.5, 0.6) is 0 Å². The topological polar surface area (TPSA) is 153 Å². The summed E-state index contributed by atoms with van der Waals surface area (Å²) in [6, 6.07) is 4.47. The van der Waals surface area contributed by atoms with E-state index in [0.29, 0.717) is 24.2 Å². The zero-order chi connectivity index (χ0) is 24.5. The molecular formula is C23H29N5O5. The number of methoxy groups -OCH3 is 1. The van der Waals surface area contributed by atoms with Crippen LogP contribution in [0.2, 0.25) is 0 Å². The van der Waals surface area contributed by atoms with Gasteiger partial charge in [0.05, 0.1) is 12.7 Å². The first-order valence-electron chi connectivity index (χ1n) is 10.5. The molecule has 2 rings (SSSR count). The lowest BCUT2D eigenvalue weighted by molar-refractivity contribution is -0.117. The van der Waals surface area contributed by atoms with Crippen LogP contribution in [0.25, 0.3) is 0 Å². The van der Waals surface area contributed by atoms with Crippen LogP contribution in [0.15, 0.2) is 30.6 Å². The van der Waals surface area contributed by atoms with Crippen LogP contribution in [0, 0.1) is 11.8 Å². The largest absolute Gasteiger partial charge is 0.465 e. The molecule has 0 spiro atoms. The molecule has 0 saturated heterocycles. The molecule has 0 radical (unpaired) electrons. The van der Waals surface area contributed by atoms with Crippen molar-refractivity contribution in [1.29, 1.82) is 0 Å². The van der Waals surface area contributed by atoms with E-state index in [1.807, 2.05) is 20.8 Å². The van der Waals surface area contributed by atoms with Gasteiger partial charge in [0.25, 0.3) is 0 Å². The van der Waals surface area contributed by atoms with Crippen molar-refractivity contribution in [2.24, 2.45) is 17.6 Å². The highest BCUT2D eigenvalue weighted by atomic mass is 16.5. The maximum Gasteiger partial charge on any atom is 0.339 e. The molecule has 0 bridgehead atoms. The first-order valence-corrected chi connectivity index (χ1v) is 10.5. The summed E-state index contributed by atoms with van der Waals surface area (Å²) in [6.45, 7) is 5.72. The lowest BCUT2D eigenvalue weighted by atomic mass is 9.95. The average molecular weight is 456 g/mol. The Balaban J connectivity index is 2.11. The summed E-state index contributed by atoms with van der Waals surface area (Å²) in [5.74, 6) is -1.09. The van der Waals surface area contributed by atoms with Crippen LogP contribution in [0.4, 0.5) is 11.6 Å². The Hall–Kier alpha value is -3.82. The van der Waals surface area contributed by atoms with E-state index in [0.717, 1.165) is 0 Å². The van der Waals surface area contributed by atoms with Gasteiger partial charge in [-0.05, 0) is 42.0 Å². The molecule has 2 aromatic heterocycles. The van der Waals surface area contributed by atoms with Crippen LogP contribution in [0.1, 0.15) is 59.9 Å². The van der Waals surface area contributed by atoms with Gasteiger partial charge in [-0.15, -0.1) is 0 Å². The van der Waals surface area contributed by atoms with Gasteiger partial charge in [0, 0.05) is 30.8 Å². The second kappa shape index (κ2) is 11.7. The Morgan fingerprint density at radius 1 is 1.00 bits per heavy atom. The van der Waals surface area contributed by atoms with E-state index in [9.17, 15) is 19.2 Å². The Kier molecular flexibility index (Phi) is 9.02. The summed E-state index contributed by atoms with van der Waals surface area (Å²) in [4.78, 5) is 56.2. The number of nitrogens with zero attached hydrogens (tertiary/aromatic N) is 2. The molecule has 4 N–H and O–H groups in total. The summed E-state index contributed by atoms with van der Waals surface area (Å²) in [5, 5.41) is 5.37. The van der Waals surface area contributed by atoms with Crippen LogP contribution in [0.3, 0.4) is 0 Å². The van der Waals surface area contributed by atoms with Crippen molar-refractivity contribution in [2.75, 3.05) is 17.7 Å². The molecule has 10 heteroatoms. The first kappa shape index (κ1) is 25.4. The Morgan fingerprint density at radius 2 is 1.64 bits per heavy atom. The second-order valence-electron chi connectivity index (χ2n) is 8.22. The van der Waals surface area contributed by atoms with Crippen molar-refractivity contribution >= 4 is 35.3 Å². The molecule has 33 heavy (non-hydrogen) atoms. The van der Waals surface area contributed by atoms with Crippen molar-refractivity contribution in [1.82, 2.24) is 9.97 Å². The van der Waals surface area contributed by atoms with E-state index in [4.69, 9.17) is 10.5 Å². The fourth-order valence-electron chi connectivity index (χ4n) is 3.20. The summed E-state index contributed by atoms with van der Waals surface area (Å²) in [7, 11) is 1.27. The molecule has 0 aliphatic rings. The molecule has 2 aromatic rings. The number of nitrogens with one attached hydrogen (secondary N) is 2. The van der Waals surface area contributed by atoms with E-state index in [2.05, 4.69) is 20.6 Å². The smallest absolute Gasteiger partial charge is 0.339 e. The third kappa shape index (κ3) is 7.99. The number of nitrogens with two attached hydrogens (primary N) is 1. The zero-order valence-corrected chi connectivity index (χ0v) is 19.2. The molecule has 10 nitrogen and oxygen atoms in total. The lowest BCUT2D eigenvalue weighted by Crippen LogP contribution is -2.19. The molecule has 0 unspecified atom stereocenters. The molecule has 0 aliphatic heterocycles. The SMILES string of the molecule is COC(=O)c1cnc(NC(=O)CC(C)C)cc1C[C@H](C)CC(=O)Nc1cc(C(N)=O)ccn1. The van der Waals surface area contributed by atoms with Crippen LogP contribution in [-0.4, -0.2) is 40.8 Å². The minimum absolute atomic E-state index is 0.125. The zero-order valence-electron chi connectivity index (χ0n) is 19.2. The van der Waals surface area contributed by atoms with E-state index in [1.165, 1.54) is 31.6 Å². The van der Waals surface area contributed by atoms with Crippen molar-refractivity contribution in [3.8, 4) is 0 Å². The highest BCUT2D eigenvalue weighted by Gasteiger charge is 2.19. The maximum absolute atomic E-state index is 12.5. The van der Waals surface area contributed by atoms with Gasteiger partial charge in [-0.3, -0.25) is 14.4 Å². The minimum Gasteiger partial charge on any atom is -0.465 e. The van der Waals surface area contributed by atoms with Crippen molar-refractivity contribution in [3.63, 3.8) is 0 Å². The Bertz CT molecular complexity index is 1040. The predicted molar refractivity (Wildman–Crippen MR) is 123 cm³/mol. The van der Waals surface area contributed by atoms with Crippen LogP contribution in [-0.2, 0) is 20.7 Å². The Morgan fingerprint density at radius 3 is 2.24 bits per heavy atom. The molecule has 0 aliphatic carbocycles. The van der Waals surface area contributed by atoms with E-state index in [1.54, 1.807) is 6.07 Å². The number of aromatic nitrogens is 2.